The van der Waals surface area contributed by atoms with Crippen molar-refractivity contribution in [3.05, 3.63) is 29.6 Å². The van der Waals surface area contributed by atoms with Gasteiger partial charge in [-0.25, -0.2) is 4.39 Å². The Bertz CT molecular complexity index is 320. The summed E-state index contributed by atoms with van der Waals surface area (Å²) in [6.45, 7) is -0.461. The summed E-state index contributed by atoms with van der Waals surface area (Å²) in [6, 6.07) is 4.35. The third-order valence-electron chi connectivity index (χ3n) is 1.92. The van der Waals surface area contributed by atoms with Crippen molar-refractivity contribution in [1.29, 1.82) is 0 Å². The maximum atomic E-state index is 13.2. The molecule has 0 aliphatic carbocycles. The molecule has 0 saturated heterocycles. The summed E-state index contributed by atoms with van der Waals surface area (Å²) in [6.07, 6.45) is -0.973. The third kappa shape index (κ3) is 3.16. The first-order chi connectivity index (χ1) is 7.19. The Hall–Kier alpha value is -1.17. The Morgan fingerprint density at radius 1 is 1.47 bits per heavy atom. The molecule has 0 saturated carbocycles. The molecule has 0 fully saturated rings. The van der Waals surface area contributed by atoms with E-state index in [1.807, 2.05) is 0 Å². The predicted molar refractivity (Wildman–Crippen MR) is 52.9 cm³/mol. The molecule has 0 spiro atoms. The summed E-state index contributed by atoms with van der Waals surface area (Å²) in [5.41, 5.74) is 5.62. The number of rotatable bonds is 5. The van der Waals surface area contributed by atoms with E-state index in [2.05, 4.69) is 0 Å². The summed E-state index contributed by atoms with van der Waals surface area (Å²) < 4.78 is 18.3. The number of ether oxygens (including phenoxy) is 1. The minimum absolute atomic E-state index is 0.0250. The SMILES string of the molecule is NCc1c(F)cccc1OCC(O)CO. The number of nitrogens with two attached hydrogens (primary N) is 1. The molecule has 1 atom stereocenters. The number of aliphatic hydroxyl groups is 2. The molecule has 0 radical (unpaired) electrons. The van der Waals surface area contributed by atoms with Crippen molar-refractivity contribution in [2.45, 2.75) is 12.6 Å². The topological polar surface area (TPSA) is 75.7 Å². The smallest absolute Gasteiger partial charge is 0.131 e. The average Bonchev–Trinajstić information content (AvgIpc) is 2.25. The second-order valence-electron chi connectivity index (χ2n) is 3.07. The number of halogens is 1. The molecule has 0 aromatic heterocycles. The highest BCUT2D eigenvalue weighted by Crippen LogP contribution is 2.20. The van der Waals surface area contributed by atoms with E-state index in [1.54, 1.807) is 6.07 Å². The molecule has 0 heterocycles. The van der Waals surface area contributed by atoms with Crippen LogP contribution in [0.25, 0.3) is 0 Å². The molecule has 0 aliphatic rings. The quantitative estimate of drug-likeness (QED) is 0.647. The highest BCUT2D eigenvalue weighted by Gasteiger charge is 2.09. The van der Waals surface area contributed by atoms with Crippen LogP contribution in [0.2, 0.25) is 0 Å². The zero-order chi connectivity index (χ0) is 11.3. The fraction of sp³-hybridized carbons (Fsp3) is 0.400. The number of hydrogen-bond acceptors (Lipinski definition) is 4. The van der Waals surface area contributed by atoms with Crippen molar-refractivity contribution in [3.63, 3.8) is 0 Å². The Kier molecular flexibility index (Phi) is 4.48. The van der Waals surface area contributed by atoms with E-state index in [4.69, 9.17) is 20.7 Å². The molecule has 4 N–H and O–H groups in total. The van der Waals surface area contributed by atoms with Gasteiger partial charge in [-0.05, 0) is 12.1 Å². The van der Waals surface area contributed by atoms with E-state index >= 15 is 0 Å². The molecular weight excluding hydrogens is 201 g/mol. The molecule has 84 valence electrons. The highest BCUT2D eigenvalue weighted by molar-refractivity contribution is 5.34. The number of benzene rings is 1. The van der Waals surface area contributed by atoms with Crippen LogP contribution in [0.4, 0.5) is 4.39 Å². The molecular formula is C10H14FNO3. The minimum atomic E-state index is -0.973. The number of aliphatic hydroxyl groups excluding tert-OH is 2. The standard InChI is InChI=1S/C10H14FNO3/c11-9-2-1-3-10(8(9)4-12)15-6-7(14)5-13/h1-3,7,13-14H,4-6,12H2. The lowest BCUT2D eigenvalue weighted by Gasteiger charge is -2.13. The van der Waals surface area contributed by atoms with Crippen LogP contribution < -0.4 is 10.5 Å². The second kappa shape index (κ2) is 5.65. The van der Waals surface area contributed by atoms with Crippen LogP contribution in [0.3, 0.4) is 0 Å². The van der Waals surface area contributed by atoms with Gasteiger partial charge in [-0.2, -0.15) is 0 Å². The Morgan fingerprint density at radius 2 is 2.20 bits per heavy atom. The molecule has 1 unspecified atom stereocenters. The second-order valence-corrected chi connectivity index (χ2v) is 3.07. The fourth-order valence-electron chi connectivity index (χ4n) is 1.11. The maximum absolute atomic E-state index is 13.2. The van der Waals surface area contributed by atoms with Crippen molar-refractivity contribution in [3.8, 4) is 5.75 Å². The molecule has 1 aromatic carbocycles. The van der Waals surface area contributed by atoms with Crippen LogP contribution in [0.15, 0.2) is 18.2 Å². The van der Waals surface area contributed by atoms with Gasteiger partial charge in [0.1, 0.15) is 24.3 Å². The normalized spacial score (nSPS) is 12.5. The lowest BCUT2D eigenvalue weighted by molar-refractivity contribution is 0.0532. The van der Waals surface area contributed by atoms with E-state index in [9.17, 15) is 4.39 Å². The molecule has 0 amide bonds. The lowest BCUT2D eigenvalue weighted by atomic mass is 10.2. The number of hydrogen-bond donors (Lipinski definition) is 3. The van der Waals surface area contributed by atoms with E-state index in [1.165, 1.54) is 12.1 Å². The van der Waals surface area contributed by atoms with Gasteiger partial charge in [0.05, 0.1) is 6.61 Å². The van der Waals surface area contributed by atoms with Gasteiger partial charge in [-0.3, -0.25) is 0 Å². The summed E-state index contributed by atoms with van der Waals surface area (Å²) in [5, 5.41) is 17.6. The zero-order valence-electron chi connectivity index (χ0n) is 8.19. The highest BCUT2D eigenvalue weighted by atomic mass is 19.1. The summed E-state index contributed by atoms with van der Waals surface area (Å²) >= 11 is 0. The van der Waals surface area contributed by atoms with Crippen LogP contribution in [0, 0.1) is 5.82 Å². The first-order valence-corrected chi connectivity index (χ1v) is 4.58. The van der Waals surface area contributed by atoms with Crippen LogP contribution in [0.5, 0.6) is 5.75 Å². The van der Waals surface area contributed by atoms with E-state index in [0.717, 1.165) is 0 Å². The van der Waals surface area contributed by atoms with Crippen LogP contribution in [-0.2, 0) is 6.54 Å². The lowest BCUT2D eigenvalue weighted by Crippen LogP contribution is -2.22. The van der Waals surface area contributed by atoms with Crippen molar-refractivity contribution in [2.75, 3.05) is 13.2 Å². The monoisotopic (exact) mass is 215 g/mol. The first kappa shape index (κ1) is 11.9. The van der Waals surface area contributed by atoms with Crippen LogP contribution in [0.1, 0.15) is 5.56 Å². The van der Waals surface area contributed by atoms with Crippen molar-refractivity contribution in [2.24, 2.45) is 5.73 Å². The van der Waals surface area contributed by atoms with Crippen LogP contribution >= 0.6 is 0 Å². The predicted octanol–water partition coefficient (Wildman–Crippen LogP) is 0.0164. The molecule has 15 heavy (non-hydrogen) atoms. The summed E-state index contributed by atoms with van der Waals surface area (Å²) in [7, 11) is 0. The molecule has 1 aromatic rings. The average molecular weight is 215 g/mol. The van der Waals surface area contributed by atoms with Crippen molar-refractivity contribution < 1.29 is 19.3 Å². The van der Waals surface area contributed by atoms with Gasteiger partial charge in [0.15, 0.2) is 0 Å². The minimum Gasteiger partial charge on any atom is -0.490 e. The Morgan fingerprint density at radius 3 is 2.80 bits per heavy atom. The summed E-state index contributed by atoms with van der Waals surface area (Å²) in [5.74, 6) is -0.140. The van der Waals surface area contributed by atoms with Crippen molar-refractivity contribution in [1.82, 2.24) is 0 Å². The van der Waals surface area contributed by atoms with E-state index in [-0.39, 0.29) is 18.7 Å². The Balaban J connectivity index is 2.72. The Labute approximate surface area is 87.1 Å². The van der Waals surface area contributed by atoms with Gasteiger partial charge in [0.2, 0.25) is 0 Å². The molecule has 4 nitrogen and oxygen atoms in total. The van der Waals surface area contributed by atoms with Gasteiger partial charge in [0.25, 0.3) is 0 Å². The van der Waals surface area contributed by atoms with Crippen molar-refractivity contribution >= 4 is 0 Å². The first-order valence-electron chi connectivity index (χ1n) is 4.58. The van der Waals surface area contributed by atoms with Gasteiger partial charge in [-0.15, -0.1) is 0 Å². The van der Waals surface area contributed by atoms with Gasteiger partial charge in [-0.1, -0.05) is 6.07 Å². The molecule has 0 bridgehead atoms. The molecule has 0 aliphatic heterocycles. The molecule has 1 rings (SSSR count). The van der Waals surface area contributed by atoms with Gasteiger partial charge in [0, 0.05) is 12.1 Å². The van der Waals surface area contributed by atoms with Gasteiger partial charge >= 0.3 is 0 Å². The largest absolute Gasteiger partial charge is 0.490 e. The van der Waals surface area contributed by atoms with Crippen LogP contribution in [-0.4, -0.2) is 29.5 Å². The van der Waals surface area contributed by atoms with E-state index < -0.39 is 18.5 Å². The molecule has 5 heteroatoms. The summed E-state index contributed by atoms with van der Waals surface area (Å²) in [4.78, 5) is 0. The van der Waals surface area contributed by atoms with E-state index in [0.29, 0.717) is 5.75 Å². The fourth-order valence-corrected chi connectivity index (χ4v) is 1.11. The zero-order valence-corrected chi connectivity index (χ0v) is 8.19. The third-order valence-corrected chi connectivity index (χ3v) is 1.92. The maximum Gasteiger partial charge on any atom is 0.131 e. The van der Waals surface area contributed by atoms with Gasteiger partial charge < -0.3 is 20.7 Å².